The second-order valence-corrected chi connectivity index (χ2v) is 21.8. The van der Waals surface area contributed by atoms with Gasteiger partial charge in [0.1, 0.15) is 0 Å². The zero-order valence-electron chi connectivity index (χ0n) is 41.5. The summed E-state index contributed by atoms with van der Waals surface area (Å²) in [5.74, 6) is 0.543. The van der Waals surface area contributed by atoms with Gasteiger partial charge in [-0.2, -0.15) is 0 Å². The monoisotopic (exact) mass is 938 g/mol. The lowest BCUT2D eigenvalue weighted by atomic mass is 9.52. The summed E-state index contributed by atoms with van der Waals surface area (Å²) >= 11 is 0. The number of benzene rings is 10. The van der Waals surface area contributed by atoms with Crippen LogP contribution in [0.25, 0.3) is 33.0 Å². The van der Waals surface area contributed by atoms with Crippen molar-refractivity contribution < 1.29 is 0 Å². The van der Waals surface area contributed by atoms with Crippen molar-refractivity contribution in [2.45, 2.75) is 74.8 Å². The third-order valence-corrected chi connectivity index (χ3v) is 18.0. The Labute approximate surface area is 430 Å². The van der Waals surface area contributed by atoms with Gasteiger partial charge in [-0.05, 0) is 157 Å². The highest BCUT2D eigenvalue weighted by Crippen LogP contribution is 2.68. The third kappa shape index (κ3) is 6.04. The number of para-hydroxylation sites is 1. The molecule has 352 valence electrons. The quantitative estimate of drug-likeness (QED) is 0.164. The van der Waals surface area contributed by atoms with Crippen molar-refractivity contribution in [2.75, 3.05) is 9.80 Å². The van der Waals surface area contributed by atoms with Gasteiger partial charge in [0.05, 0.1) is 16.9 Å². The van der Waals surface area contributed by atoms with Crippen LogP contribution in [0.3, 0.4) is 0 Å². The van der Waals surface area contributed by atoms with Crippen LogP contribution in [0.15, 0.2) is 231 Å². The summed E-state index contributed by atoms with van der Waals surface area (Å²) in [5.41, 5.74) is 22.9. The second-order valence-electron chi connectivity index (χ2n) is 21.8. The van der Waals surface area contributed by atoms with E-state index in [0.717, 1.165) is 12.8 Å². The Morgan fingerprint density at radius 3 is 1.48 bits per heavy atom. The first-order valence-corrected chi connectivity index (χ1v) is 27.0. The molecule has 2 atom stereocenters. The largest absolute Gasteiger partial charge is 0.338 e. The van der Waals surface area contributed by atoms with Gasteiger partial charge in [0.2, 0.25) is 0 Å². The SMILES string of the molecule is CC1Cc2ccccc2C(N(c2ccccc2)c2ccc3c(c2)C2(c4ccccc4-c4ccccc42)c2ccc(N(c4cccc5ccccc45)C4CCCCC4)cc2C32c3ccccc3-c3ccccc32)C1. The number of rotatable bonds is 6. The molecular weight excluding hydrogens is 881 g/mol. The normalized spacial score (nSPS) is 18.3. The van der Waals surface area contributed by atoms with Gasteiger partial charge < -0.3 is 9.80 Å². The number of hydrogen-bond donors (Lipinski definition) is 0. The molecular formula is C71H58N2. The first-order valence-electron chi connectivity index (χ1n) is 27.0. The minimum Gasteiger partial charge on any atom is -0.338 e. The van der Waals surface area contributed by atoms with Crippen LogP contribution in [0.5, 0.6) is 0 Å². The molecule has 2 unspecified atom stereocenters. The maximum Gasteiger partial charge on any atom is 0.0720 e. The zero-order valence-corrected chi connectivity index (χ0v) is 41.5. The van der Waals surface area contributed by atoms with E-state index in [-0.39, 0.29) is 6.04 Å². The van der Waals surface area contributed by atoms with Crippen molar-refractivity contribution in [2.24, 2.45) is 5.92 Å². The zero-order chi connectivity index (χ0) is 48.3. The van der Waals surface area contributed by atoms with Crippen molar-refractivity contribution in [1.82, 2.24) is 0 Å². The minimum atomic E-state index is -0.626. The maximum absolute atomic E-state index is 2.77. The van der Waals surface area contributed by atoms with Crippen LogP contribution < -0.4 is 9.80 Å². The minimum absolute atomic E-state index is 0.166. The fourth-order valence-electron chi connectivity index (χ4n) is 15.2. The summed E-state index contributed by atoms with van der Waals surface area (Å²) in [4.78, 5) is 5.47. The summed E-state index contributed by atoms with van der Waals surface area (Å²) in [6.45, 7) is 2.44. The summed E-state index contributed by atoms with van der Waals surface area (Å²) in [6, 6.07) is 90.0. The van der Waals surface area contributed by atoms with Gasteiger partial charge in [0.25, 0.3) is 0 Å². The van der Waals surface area contributed by atoms with E-state index >= 15 is 0 Å². The van der Waals surface area contributed by atoms with E-state index in [4.69, 9.17) is 0 Å². The van der Waals surface area contributed by atoms with Crippen molar-refractivity contribution in [3.63, 3.8) is 0 Å². The van der Waals surface area contributed by atoms with Crippen LogP contribution in [-0.2, 0) is 17.3 Å². The average molecular weight is 939 g/mol. The van der Waals surface area contributed by atoms with E-state index in [1.54, 1.807) is 0 Å². The molecule has 0 N–H and O–H groups in total. The first kappa shape index (κ1) is 42.7. The molecule has 0 aliphatic heterocycles. The van der Waals surface area contributed by atoms with Gasteiger partial charge in [0, 0.05) is 34.2 Å². The summed E-state index contributed by atoms with van der Waals surface area (Å²) in [6.07, 6.45) is 8.33. The molecule has 0 heterocycles. The fourth-order valence-corrected chi connectivity index (χ4v) is 15.2. The lowest BCUT2D eigenvalue weighted by Gasteiger charge is -2.50. The van der Waals surface area contributed by atoms with E-state index in [0.29, 0.717) is 12.0 Å². The molecule has 10 aromatic rings. The number of hydrogen-bond acceptors (Lipinski definition) is 2. The molecule has 0 aromatic heterocycles. The van der Waals surface area contributed by atoms with Crippen LogP contribution in [0, 0.1) is 5.92 Å². The molecule has 10 aromatic carbocycles. The third-order valence-electron chi connectivity index (χ3n) is 18.0. The van der Waals surface area contributed by atoms with E-state index < -0.39 is 10.8 Å². The lowest BCUT2D eigenvalue weighted by molar-refractivity contribution is 0.434. The molecule has 2 heteroatoms. The molecule has 0 saturated heterocycles. The fraction of sp³-hybridized carbons (Fsp3) is 0.183. The Kier molecular flexibility index (Phi) is 9.68. The summed E-state index contributed by atoms with van der Waals surface area (Å²) in [7, 11) is 0. The Bertz CT molecular complexity index is 3710. The van der Waals surface area contributed by atoms with E-state index in [9.17, 15) is 0 Å². The molecule has 73 heavy (non-hydrogen) atoms. The molecule has 5 aliphatic carbocycles. The van der Waals surface area contributed by atoms with Gasteiger partial charge in [0.15, 0.2) is 0 Å². The highest BCUT2D eigenvalue weighted by atomic mass is 15.2. The van der Waals surface area contributed by atoms with Crippen molar-refractivity contribution in [3.8, 4) is 22.3 Å². The molecule has 15 rings (SSSR count). The van der Waals surface area contributed by atoms with Crippen LogP contribution in [0.4, 0.5) is 22.7 Å². The molecule has 0 amide bonds. The predicted molar refractivity (Wildman–Crippen MR) is 303 cm³/mol. The van der Waals surface area contributed by atoms with Gasteiger partial charge in [-0.15, -0.1) is 0 Å². The Morgan fingerprint density at radius 1 is 0.384 bits per heavy atom. The highest BCUT2D eigenvalue weighted by molar-refractivity contribution is 5.98. The van der Waals surface area contributed by atoms with Crippen LogP contribution in [-0.4, -0.2) is 6.04 Å². The maximum atomic E-state index is 2.77. The Balaban J connectivity index is 1.08. The van der Waals surface area contributed by atoms with Gasteiger partial charge >= 0.3 is 0 Å². The van der Waals surface area contributed by atoms with Crippen LogP contribution in [0.2, 0.25) is 0 Å². The first-order chi connectivity index (χ1) is 36.1. The molecule has 1 fully saturated rings. The highest BCUT2D eigenvalue weighted by Gasteiger charge is 2.59. The lowest BCUT2D eigenvalue weighted by Crippen LogP contribution is -2.44. The van der Waals surface area contributed by atoms with Crippen molar-refractivity contribution in [1.29, 1.82) is 0 Å². The predicted octanol–water partition coefficient (Wildman–Crippen LogP) is 17.8. The molecule has 5 aliphatic rings. The number of anilines is 4. The topological polar surface area (TPSA) is 6.48 Å². The van der Waals surface area contributed by atoms with Gasteiger partial charge in [-0.25, -0.2) is 0 Å². The number of fused-ring (bicyclic) bond motifs is 18. The Hall–Kier alpha value is -7.94. The van der Waals surface area contributed by atoms with Crippen molar-refractivity contribution in [3.05, 3.63) is 286 Å². The molecule has 2 spiro atoms. The van der Waals surface area contributed by atoms with E-state index in [1.807, 2.05) is 0 Å². The van der Waals surface area contributed by atoms with E-state index in [1.165, 1.54) is 144 Å². The molecule has 1 saturated carbocycles. The average Bonchev–Trinajstić information content (AvgIpc) is 4.09. The van der Waals surface area contributed by atoms with Crippen LogP contribution >= 0.6 is 0 Å². The Morgan fingerprint density at radius 2 is 0.877 bits per heavy atom. The van der Waals surface area contributed by atoms with Crippen molar-refractivity contribution >= 4 is 33.5 Å². The van der Waals surface area contributed by atoms with Gasteiger partial charge in [-0.3, -0.25) is 0 Å². The summed E-state index contributed by atoms with van der Waals surface area (Å²) in [5, 5.41) is 2.60. The smallest absolute Gasteiger partial charge is 0.0720 e. The van der Waals surface area contributed by atoms with Crippen LogP contribution in [0.1, 0.15) is 107 Å². The molecule has 0 bridgehead atoms. The molecule has 0 radical (unpaired) electrons. The molecule has 2 nitrogen and oxygen atoms in total. The number of nitrogens with zero attached hydrogens (tertiary/aromatic N) is 2. The van der Waals surface area contributed by atoms with E-state index in [2.05, 4.69) is 247 Å². The summed E-state index contributed by atoms with van der Waals surface area (Å²) < 4.78 is 0. The van der Waals surface area contributed by atoms with Gasteiger partial charge in [-0.1, -0.05) is 214 Å². The standard InChI is InChI=1S/C71H58N2/c1-47-43-49-22-9-11-29-55(49)69(44-47)73(51-26-6-3-7-27-51)53-40-42-65-67(46-53)71(62-36-18-14-32-58(62)59-33-15-19-37-63(59)71)64-41-39-52(45-66(64)70(65)60-34-16-12-30-56(60)57-31-13-17-35-61(57)70)72(50-24-4-2-5-25-50)68-38-20-23-48-21-8-10-28-54(48)68/h3,6-23,26-42,45-47,50,69H,2,4-5,24-25,43-44H2,1H3. The second kappa shape index (κ2) is 16.6.